The first-order valence-corrected chi connectivity index (χ1v) is 10.6. The van der Waals surface area contributed by atoms with Gasteiger partial charge in [-0.15, -0.1) is 0 Å². The number of benzene rings is 1. The molecule has 2 aliphatic heterocycles. The number of nitrogens with one attached hydrogen (secondary N) is 1. The molecule has 0 unspecified atom stereocenters. The number of hydrogen-bond acceptors (Lipinski definition) is 4. The van der Waals surface area contributed by atoms with E-state index in [-0.39, 0.29) is 11.8 Å². The van der Waals surface area contributed by atoms with E-state index in [1.54, 1.807) is 0 Å². The van der Waals surface area contributed by atoms with E-state index in [1.807, 2.05) is 35.2 Å². The van der Waals surface area contributed by atoms with E-state index >= 15 is 0 Å². The van der Waals surface area contributed by atoms with Crippen LogP contribution in [0.25, 0.3) is 0 Å². The summed E-state index contributed by atoms with van der Waals surface area (Å²) in [6.07, 6.45) is 4.48. The van der Waals surface area contributed by atoms with Crippen molar-refractivity contribution in [3.05, 3.63) is 35.9 Å². The summed E-state index contributed by atoms with van der Waals surface area (Å²) in [6.45, 7) is 7.00. The molecule has 154 valence electrons. The predicted molar refractivity (Wildman–Crippen MR) is 109 cm³/mol. The quantitative estimate of drug-likeness (QED) is 0.695. The summed E-state index contributed by atoms with van der Waals surface area (Å²) in [5.41, 5.74) is 0.761. The molecular formula is C22H33N3O3. The van der Waals surface area contributed by atoms with Gasteiger partial charge in [-0.1, -0.05) is 18.2 Å². The third kappa shape index (κ3) is 6.60. The zero-order valence-corrected chi connectivity index (χ0v) is 16.8. The van der Waals surface area contributed by atoms with Crippen LogP contribution in [-0.2, 0) is 9.53 Å². The average molecular weight is 388 g/mol. The lowest BCUT2D eigenvalue weighted by molar-refractivity contribution is -0.121. The summed E-state index contributed by atoms with van der Waals surface area (Å²) >= 11 is 0. The number of rotatable bonds is 8. The molecule has 1 aromatic carbocycles. The van der Waals surface area contributed by atoms with Gasteiger partial charge in [-0.05, 0) is 50.3 Å². The maximum absolute atomic E-state index is 12.5. The molecule has 2 saturated heterocycles. The molecule has 2 amide bonds. The van der Waals surface area contributed by atoms with Crippen molar-refractivity contribution < 1.29 is 14.3 Å². The fourth-order valence-corrected chi connectivity index (χ4v) is 3.97. The summed E-state index contributed by atoms with van der Waals surface area (Å²) in [7, 11) is 0. The van der Waals surface area contributed by atoms with E-state index in [4.69, 9.17) is 4.74 Å². The van der Waals surface area contributed by atoms with E-state index < -0.39 is 0 Å². The summed E-state index contributed by atoms with van der Waals surface area (Å²) < 4.78 is 5.34. The first-order valence-electron chi connectivity index (χ1n) is 10.6. The summed E-state index contributed by atoms with van der Waals surface area (Å²) in [4.78, 5) is 28.9. The fourth-order valence-electron chi connectivity index (χ4n) is 3.97. The Hall–Kier alpha value is -1.92. The van der Waals surface area contributed by atoms with Gasteiger partial charge >= 0.3 is 0 Å². The topological polar surface area (TPSA) is 61.9 Å². The number of carbonyl (C=O) groups is 2. The highest BCUT2D eigenvalue weighted by molar-refractivity contribution is 5.94. The van der Waals surface area contributed by atoms with Crippen LogP contribution in [0.5, 0.6) is 0 Å². The van der Waals surface area contributed by atoms with Gasteiger partial charge in [0.1, 0.15) is 0 Å². The van der Waals surface area contributed by atoms with Crippen LogP contribution in [0.15, 0.2) is 30.3 Å². The van der Waals surface area contributed by atoms with Crippen LogP contribution in [0.3, 0.4) is 0 Å². The lowest BCUT2D eigenvalue weighted by atomic mass is 9.91. The van der Waals surface area contributed by atoms with Gasteiger partial charge in [0.15, 0.2) is 0 Å². The van der Waals surface area contributed by atoms with Crippen molar-refractivity contribution >= 4 is 11.8 Å². The van der Waals surface area contributed by atoms with Crippen molar-refractivity contribution in [3.63, 3.8) is 0 Å². The van der Waals surface area contributed by atoms with Gasteiger partial charge in [-0.3, -0.25) is 14.5 Å². The van der Waals surface area contributed by atoms with Gasteiger partial charge in [0.05, 0.1) is 13.2 Å². The molecule has 6 heteroatoms. The zero-order valence-electron chi connectivity index (χ0n) is 16.8. The van der Waals surface area contributed by atoms with Gasteiger partial charge in [-0.25, -0.2) is 0 Å². The van der Waals surface area contributed by atoms with Crippen molar-refractivity contribution in [2.24, 2.45) is 5.92 Å². The van der Waals surface area contributed by atoms with Crippen LogP contribution < -0.4 is 5.32 Å². The molecule has 0 spiro atoms. The average Bonchev–Trinajstić information content (AvgIpc) is 2.76. The fraction of sp³-hybridized carbons (Fsp3) is 0.636. The second-order valence-electron chi connectivity index (χ2n) is 7.80. The predicted octanol–water partition coefficient (Wildman–Crippen LogP) is 2.16. The van der Waals surface area contributed by atoms with Gasteiger partial charge in [-0.2, -0.15) is 0 Å². The molecule has 0 saturated carbocycles. The number of morpholine rings is 1. The smallest absolute Gasteiger partial charge is 0.253 e. The Morgan fingerprint density at radius 2 is 1.75 bits per heavy atom. The zero-order chi connectivity index (χ0) is 19.6. The van der Waals surface area contributed by atoms with Crippen molar-refractivity contribution in [2.75, 3.05) is 52.5 Å². The van der Waals surface area contributed by atoms with Gasteiger partial charge < -0.3 is 15.0 Å². The molecule has 0 aliphatic carbocycles. The molecule has 0 aromatic heterocycles. The van der Waals surface area contributed by atoms with Crippen molar-refractivity contribution in [1.82, 2.24) is 15.1 Å². The van der Waals surface area contributed by atoms with E-state index in [1.165, 1.54) is 0 Å². The standard InChI is InChI=1S/C22H33N3O3/c26-21(23-11-4-12-24-15-17-28-18-16-24)8-7-19-9-13-25(14-10-19)22(27)20-5-2-1-3-6-20/h1-3,5-6,19H,4,7-18H2,(H,23,26). The number of hydrogen-bond donors (Lipinski definition) is 1. The Labute approximate surface area is 168 Å². The summed E-state index contributed by atoms with van der Waals surface area (Å²) in [6, 6.07) is 9.48. The van der Waals surface area contributed by atoms with E-state index in [2.05, 4.69) is 10.2 Å². The highest BCUT2D eigenvalue weighted by Crippen LogP contribution is 2.23. The molecule has 0 atom stereocenters. The maximum atomic E-state index is 12.5. The second-order valence-corrected chi connectivity index (χ2v) is 7.80. The van der Waals surface area contributed by atoms with Crippen LogP contribution >= 0.6 is 0 Å². The summed E-state index contributed by atoms with van der Waals surface area (Å²) in [5.74, 6) is 0.820. The van der Waals surface area contributed by atoms with Crippen molar-refractivity contribution in [1.29, 1.82) is 0 Å². The molecule has 2 fully saturated rings. The number of likely N-dealkylation sites (tertiary alicyclic amines) is 1. The van der Waals surface area contributed by atoms with E-state index in [0.717, 1.165) is 83.7 Å². The minimum Gasteiger partial charge on any atom is -0.379 e. The highest BCUT2D eigenvalue weighted by atomic mass is 16.5. The largest absolute Gasteiger partial charge is 0.379 e. The second kappa shape index (κ2) is 11.2. The Balaban J connectivity index is 1.25. The molecule has 0 radical (unpaired) electrons. The molecule has 0 bridgehead atoms. The molecule has 1 N–H and O–H groups in total. The molecule has 3 rings (SSSR count). The molecular weight excluding hydrogens is 354 g/mol. The van der Waals surface area contributed by atoms with Crippen molar-refractivity contribution in [2.45, 2.75) is 32.1 Å². The summed E-state index contributed by atoms with van der Waals surface area (Å²) in [5, 5.41) is 3.05. The normalized spacial score (nSPS) is 18.8. The Bertz CT molecular complexity index is 609. The molecule has 2 aliphatic rings. The highest BCUT2D eigenvalue weighted by Gasteiger charge is 2.23. The van der Waals surface area contributed by atoms with Crippen LogP contribution in [-0.4, -0.2) is 74.1 Å². The monoisotopic (exact) mass is 387 g/mol. The Morgan fingerprint density at radius 1 is 1.04 bits per heavy atom. The third-order valence-corrected chi connectivity index (χ3v) is 5.78. The van der Waals surface area contributed by atoms with Gasteiger partial charge in [0.2, 0.25) is 5.91 Å². The van der Waals surface area contributed by atoms with Crippen LogP contribution in [0.1, 0.15) is 42.5 Å². The third-order valence-electron chi connectivity index (χ3n) is 5.78. The number of amides is 2. The number of piperidine rings is 1. The minimum atomic E-state index is 0.122. The van der Waals surface area contributed by atoms with Crippen LogP contribution in [0.2, 0.25) is 0 Å². The SMILES string of the molecule is O=C(CCC1CCN(C(=O)c2ccccc2)CC1)NCCCN1CCOCC1. The molecule has 1 aromatic rings. The number of ether oxygens (including phenoxy) is 1. The first kappa shape index (κ1) is 20.8. The molecule has 6 nitrogen and oxygen atoms in total. The van der Waals surface area contributed by atoms with Crippen molar-refractivity contribution in [3.8, 4) is 0 Å². The van der Waals surface area contributed by atoms with Crippen LogP contribution in [0.4, 0.5) is 0 Å². The lowest BCUT2D eigenvalue weighted by Crippen LogP contribution is -2.39. The van der Waals surface area contributed by atoms with Gasteiger partial charge in [0, 0.05) is 44.7 Å². The number of carbonyl (C=O) groups excluding carboxylic acids is 2. The van der Waals surface area contributed by atoms with E-state index in [0.29, 0.717) is 12.3 Å². The minimum absolute atomic E-state index is 0.122. The van der Waals surface area contributed by atoms with Crippen LogP contribution in [0, 0.1) is 5.92 Å². The lowest BCUT2D eigenvalue weighted by Gasteiger charge is -2.32. The molecule has 2 heterocycles. The number of nitrogens with zero attached hydrogens (tertiary/aromatic N) is 2. The van der Waals surface area contributed by atoms with E-state index in [9.17, 15) is 9.59 Å². The Morgan fingerprint density at radius 3 is 2.46 bits per heavy atom. The first-order chi connectivity index (χ1) is 13.7. The molecule has 28 heavy (non-hydrogen) atoms. The Kier molecular flexibility index (Phi) is 8.30. The van der Waals surface area contributed by atoms with Gasteiger partial charge in [0.25, 0.3) is 5.91 Å². The maximum Gasteiger partial charge on any atom is 0.253 e.